The van der Waals surface area contributed by atoms with E-state index in [1.54, 1.807) is 37.2 Å². The first-order valence-corrected chi connectivity index (χ1v) is 7.88. The van der Waals surface area contributed by atoms with E-state index in [4.69, 9.17) is 4.11 Å². The van der Waals surface area contributed by atoms with E-state index >= 15 is 0 Å². The molecule has 1 heterocycles. The molecule has 0 bridgehead atoms. The number of fused-ring (bicyclic) bond motifs is 1. The molecule has 0 saturated carbocycles. The van der Waals surface area contributed by atoms with Crippen LogP contribution in [0.2, 0.25) is 0 Å². The van der Waals surface area contributed by atoms with Gasteiger partial charge in [0.15, 0.2) is 0 Å². The number of rotatable bonds is 6. The Balaban J connectivity index is 2.55. The number of likely N-dealkylation sites (N-methyl/N-ethyl adjacent to an activating group) is 1. The second kappa shape index (κ2) is 5.95. The molecule has 0 aliphatic carbocycles. The van der Waals surface area contributed by atoms with Crippen molar-refractivity contribution in [1.29, 1.82) is 0 Å². The standard InChI is InChI=1S/C14H21N3O2S/c1-15-20(18,19)10-11-4-5-14-13(8-11)12(9-16-14)6-7-17(2)3/h4-5,8-9,15-16H,6-7,10H2,1-3H3/i6D2,9D. The molecule has 5 nitrogen and oxygen atoms in total. The molecular formula is C14H21N3O2S. The maximum atomic E-state index is 11.7. The van der Waals surface area contributed by atoms with Gasteiger partial charge in [-0.05, 0) is 50.8 Å². The van der Waals surface area contributed by atoms with Gasteiger partial charge in [-0.1, -0.05) is 6.07 Å². The topological polar surface area (TPSA) is 65.2 Å². The second-order valence-electron chi connectivity index (χ2n) is 4.88. The van der Waals surface area contributed by atoms with Crippen LogP contribution in [-0.4, -0.2) is 46.0 Å². The van der Waals surface area contributed by atoms with Crippen molar-refractivity contribution in [2.75, 3.05) is 27.7 Å². The summed E-state index contributed by atoms with van der Waals surface area (Å²) in [6.45, 7) is 0.130. The lowest BCUT2D eigenvalue weighted by Crippen LogP contribution is -2.20. The van der Waals surface area contributed by atoms with Gasteiger partial charge in [0.25, 0.3) is 0 Å². The van der Waals surface area contributed by atoms with E-state index in [0.717, 1.165) is 0 Å². The van der Waals surface area contributed by atoms with Gasteiger partial charge in [-0.15, -0.1) is 0 Å². The Morgan fingerprint density at radius 2 is 2.20 bits per heavy atom. The van der Waals surface area contributed by atoms with Crippen LogP contribution in [0.3, 0.4) is 0 Å². The minimum atomic E-state index is -3.41. The van der Waals surface area contributed by atoms with Crippen molar-refractivity contribution in [2.24, 2.45) is 0 Å². The summed E-state index contributed by atoms with van der Waals surface area (Å²) in [6, 6.07) is 4.99. The van der Waals surface area contributed by atoms with E-state index in [2.05, 4.69) is 9.71 Å². The van der Waals surface area contributed by atoms with Crippen molar-refractivity contribution in [2.45, 2.75) is 12.1 Å². The second-order valence-corrected chi connectivity index (χ2v) is 6.81. The number of aromatic amines is 1. The molecule has 20 heavy (non-hydrogen) atoms. The zero-order valence-corrected chi connectivity index (χ0v) is 12.6. The molecule has 2 aromatic rings. The molecule has 0 amide bonds. The SMILES string of the molecule is [2H]c1[nH]c2ccc(CS(=O)(=O)NC)cc2c1C([2H])([2H])CN(C)C. The molecule has 0 aliphatic rings. The Bertz CT molecular complexity index is 816. The third-order valence-corrected chi connectivity index (χ3v) is 4.25. The third kappa shape index (κ3) is 3.59. The van der Waals surface area contributed by atoms with Crippen molar-refractivity contribution in [3.05, 3.63) is 35.5 Å². The quantitative estimate of drug-likeness (QED) is 0.845. The van der Waals surface area contributed by atoms with Crippen LogP contribution >= 0.6 is 0 Å². The largest absolute Gasteiger partial charge is 0.361 e. The highest BCUT2D eigenvalue weighted by atomic mass is 32.2. The summed E-state index contributed by atoms with van der Waals surface area (Å²) >= 11 is 0. The van der Waals surface area contributed by atoms with Crippen LogP contribution in [0.15, 0.2) is 24.4 Å². The van der Waals surface area contributed by atoms with Gasteiger partial charge >= 0.3 is 0 Å². The van der Waals surface area contributed by atoms with Gasteiger partial charge in [0, 0.05) is 26.4 Å². The van der Waals surface area contributed by atoms with Crippen molar-refractivity contribution in [3.8, 4) is 0 Å². The maximum absolute atomic E-state index is 11.7. The Hall–Kier alpha value is -1.37. The van der Waals surface area contributed by atoms with Crippen LogP contribution in [0.4, 0.5) is 0 Å². The first-order chi connectivity index (χ1) is 10.6. The molecule has 2 N–H and O–H groups in total. The van der Waals surface area contributed by atoms with E-state index in [1.165, 1.54) is 7.05 Å². The molecule has 0 spiro atoms. The van der Waals surface area contributed by atoms with E-state index in [0.29, 0.717) is 16.5 Å². The minimum Gasteiger partial charge on any atom is -0.361 e. The predicted molar refractivity (Wildman–Crippen MR) is 82.2 cm³/mol. The molecule has 0 atom stereocenters. The number of nitrogens with one attached hydrogen (secondary N) is 2. The molecule has 2 rings (SSSR count). The first-order valence-electron chi connectivity index (χ1n) is 7.73. The van der Waals surface area contributed by atoms with E-state index in [-0.39, 0.29) is 24.0 Å². The number of hydrogen-bond donors (Lipinski definition) is 2. The smallest absolute Gasteiger partial charge is 0.215 e. The number of benzene rings is 1. The molecular weight excluding hydrogens is 274 g/mol. The minimum absolute atomic E-state index is 0.0143. The number of nitrogens with zero attached hydrogens (tertiary/aromatic N) is 1. The predicted octanol–water partition coefficient (Wildman–Crippen LogP) is 1.32. The van der Waals surface area contributed by atoms with Crippen LogP contribution in [0.25, 0.3) is 10.9 Å². The van der Waals surface area contributed by atoms with E-state index in [9.17, 15) is 8.42 Å². The molecule has 0 unspecified atom stereocenters. The number of H-pyrrole nitrogens is 1. The van der Waals surface area contributed by atoms with Gasteiger partial charge in [-0.25, -0.2) is 13.1 Å². The van der Waals surface area contributed by atoms with Gasteiger partial charge in [-0.2, -0.15) is 0 Å². The summed E-state index contributed by atoms with van der Waals surface area (Å²) in [7, 11) is 1.47. The van der Waals surface area contributed by atoms with E-state index in [1.807, 2.05) is 0 Å². The van der Waals surface area contributed by atoms with Crippen molar-refractivity contribution >= 4 is 20.9 Å². The van der Waals surface area contributed by atoms with Gasteiger partial charge in [0.2, 0.25) is 10.0 Å². The Morgan fingerprint density at radius 1 is 1.45 bits per heavy atom. The van der Waals surface area contributed by atoms with E-state index < -0.39 is 16.4 Å². The van der Waals surface area contributed by atoms with Crippen LogP contribution in [-0.2, 0) is 22.1 Å². The molecule has 0 radical (unpaired) electrons. The highest BCUT2D eigenvalue weighted by Gasteiger charge is 2.11. The van der Waals surface area contributed by atoms with Gasteiger partial charge in [-0.3, -0.25) is 0 Å². The fourth-order valence-corrected chi connectivity index (χ4v) is 2.63. The lowest BCUT2D eigenvalue weighted by molar-refractivity contribution is 0.414. The molecule has 1 aromatic heterocycles. The average Bonchev–Trinajstić information content (AvgIpc) is 2.72. The van der Waals surface area contributed by atoms with Crippen molar-refractivity contribution in [1.82, 2.24) is 14.6 Å². The van der Waals surface area contributed by atoms with Gasteiger partial charge < -0.3 is 9.88 Å². The maximum Gasteiger partial charge on any atom is 0.215 e. The number of sulfonamides is 1. The van der Waals surface area contributed by atoms with Crippen LogP contribution in [0.1, 0.15) is 15.2 Å². The normalized spacial score (nSPS) is 15.3. The fourth-order valence-electron chi connectivity index (χ4n) is 1.86. The highest BCUT2D eigenvalue weighted by molar-refractivity contribution is 7.88. The number of hydrogen-bond acceptors (Lipinski definition) is 3. The third-order valence-electron chi connectivity index (χ3n) is 2.92. The molecule has 1 aromatic carbocycles. The summed E-state index contributed by atoms with van der Waals surface area (Å²) in [5.41, 5.74) is 1.43. The van der Waals surface area contributed by atoms with Gasteiger partial charge in [0.1, 0.15) is 0 Å². The first kappa shape index (κ1) is 11.3. The summed E-state index contributed by atoms with van der Waals surface area (Å²) in [5, 5.41) is 0.547. The van der Waals surface area contributed by atoms with Crippen LogP contribution in [0.5, 0.6) is 0 Å². The molecule has 0 fully saturated rings. The average molecular weight is 298 g/mol. The summed E-state index contributed by atoms with van der Waals surface area (Å²) in [6.07, 6.45) is -1.71. The highest BCUT2D eigenvalue weighted by Crippen LogP contribution is 2.21. The van der Waals surface area contributed by atoms with Crippen LogP contribution in [0, 0.1) is 0 Å². The van der Waals surface area contributed by atoms with Crippen LogP contribution < -0.4 is 4.72 Å². The number of aromatic nitrogens is 1. The molecule has 110 valence electrons. The Kier molecular flexibility index (Phi) is 3.36. The summed E-state index contributed by atoms with van der Waals surface area (Å²) in [4.78, 5) is 4.57. The zero-order chi connectivity index (χ0) is 17.4. The Morgan fingerprint density at radius 3 is 2.85 bits per heavy atom. The lowest BCUT2D eigenvalue weighted by atomic mass is 10.1. The Labute approximate surface area is 124 Å². The monoisotopic (exact) mass is 298 g/mol. The van der Waals surface area contributed by atoms with Gasteiger partial charge in [0.05, 0.1) is 7.12 Å². The zero-order valence-electron chi connectivity index (χ0n) is 14.8. The molecule has 6 heteroatoms. The molecule has 0 saturated heterocycles. The van der Waals surface area contributed by atoms with Crippen molar-refractivity contribution < 1.29 is 12.5 Å². The summed E-state index contributed by atoms with van der Waals surface area (Å²) in [5.74, 6) is -0.186. The molecule has 0 aliphatic heterocycles. The lowest BCUT2D eigenvalue weighted by Gasteiger charge is -2.08. The van der Waals surface area contributed by atoms with Crippen molar-refractivity contribution in [3.63, 3.8) is 0 Å². The fraction of sp³-hybridized carbons (Fsp3) is 0.429. The summed E-state index contributed by atoms with van der Waals surface area (Å²) < 4.78 is 50.3.